The molecule has 5 N–H and O–H groups in total. The Hall–Kier alpha value is -0.360. The molecular formula is C47H99N5O4. The van der Waals surface area contributed by atoms with Crippen molar-refractivity contribution in [1.82, 2.24) is 26.6 Å². The van der Waals surface area contributed by atoms with Crippen LogP contribution in [-0.4, -0.2) is 117 Å². The lowest BCUT2D eigenvalue weighted by Gasteiger charge is -2.19. The zero-order chi connectivity index (χ0) is 40.9. The summed E-state index contributed by atoms with van der Waals surface area (Å²) in [6.07, 6.45) is 23.1. The highest BCUT2D eigenvalue weighted by Crippen LogP contribution is 2.22. The van der Waals surface area contributed by atoms with E-state index < -0.39 is 0 Å². The third kappa shape index (κ3) is 36.7. The topological polar surface area (TPSA) is 97.1 Å². The Labute approximate surface area is 349 Å². The zero-order valence-electron chi connectivity index (χ0n) is 38.7. The summed E-state index contributed by atoms with van der Waals surface area (Å²) in [4.78, 5) is 0. The highest BCUT2D eigenvalue weighted by molar-refractivity contribution is 4.69. The summed E-state index contributed by atoms with van der Waals surface area (Å²) in [7, 11) is 0. The van der Waals surface area contributed by atoms with Crippen LogP contribution < -0.4 is 26.6 Å². The predicted octanol–water partition coefficient (Wildman–Crippen LogP) is 8.60. The summed E-state index contributed by atoms with van der Waals surface area (Å²) >= 11 is 0. The molecule has 9 nitrogen and oxygen atoms in total. The van der Waals surface area contributed by atoms with Crippen LogP contribution in [0.1, 0.15) is 158 Å². The van der Waals surface area contributed by atoms with Crippen LogP contribution in [0.15, 0.2) is 0 Å². The van der Waals surface area contributed by atoms with Gasteiger partial charge in [0.05, 0.1) is 18.8 Å². The summed E-state index contributed by atoms with van der Waals surface area (Å²) in [6.45, 7) is 34.0. The second-order valence-corrected chi connectivity index (χ2v) is 18.4. The van der Waals surface area contributed by atoms with Crippen LogP contribution in [0.4, 0.5) is 0 Å². The number of piperidine rings is 2. The summed E-state index contributed by atoms with van der Waals surface area (Å²) in [6, 6.07) is 0.675. The minimum atomic E-state index is 0.425. The molecule has 0 bridgehead atoms. The molecule has 0 aromatic carbocycles. The van der Waals surface area contributed by atoms with E-state index in [0.717, 1.165) is 102 Å². The SMILES string of the molecule is CC1CCCCC1.C[C@@H]1CCCNC1.C[C@@H]1CCCOC1.C[C@@H]1CNCCN1.C[C@@H]1CNCCO1.C[C@H]1CCCCO1.C[C@H]1CCCNC1.C[C@H]1CCCOC1. The molecule has 8 fully saturated rings. The molecule has 7 heterocycles. The summed E-state index contributed by atoms with van der Waals surface area (Å²) in [5, 5.41) is 16.5. The quantitative estimate of drug-likeness (QED) is 0.165. The molecule has 1 aliphatic carbocycles. The predicted molar refractivity (Wildman–Crippen MR) is 241 cm³/mol. The van der Waals surface area contributed by atoms with E-state index in [1.54, 1.807) is 0 Å². The summed E-state index contributed by atoms with van der Waals surface area (Å²) in [5.41, 5.74) is 0. The molecule has 0 aromatic heterocycles. The maximum absolute atomic E-state index is 5.28. The van der Waals surface area contributed by atoms with Crippen LogP contribution in [0.5, 0.6) is 0 Å². The van der Waals surface area contributed by atoms with E-state index in [2.05, 4.69) is 82.0 Å². The number of piperazine rings is 1. The Balaban J connectivity index is 0.000000320. The zero-order valence-corrected chi connectivity index (χ0v) is 38.7. The number of hydrogen-bond acceptors (Lipinski definition) is 9. The molecule has 8 aliphatic rings. The molecule has 1 saturated carbocycles. The fourth-order valence-corrected chi connectivity index (χ4v) is 7.56. The lowest BCUT2D eigenvalue weighted by molar-refractivity contribution is 0.0285. The molecule has 0 unspecified atom stereocenters. The van der Waals surface area contributed by atoms with Crippen LogP contribution in [0.2, 0.25) is 0 Å². The van der Waals surface area contributed by atoms with E-state index in [1.165, 1.54) is 129 Å². The van der Waals surface area contributed by atoms with Crippen LogP contribution in [-0.2, 0) is 18.9 Å². The van der Waals surface area contributed by atoms with Gasteiger partial charge in [-0.05, 0) is 147 Å². The van der Waals surface area contributed by atoms with Crippen molar-refractivity contribution in [1.29, 1.82) is 0 Å². The van der Waals surface area contributed by atoms with Crippen molar-refractivity contribution in [3.05, 3.63) is 0 Å². The third-order valence-corrected chi connectivity index (χ3v) is 11.5. The van der Waals surface area contributed by atoms with Gasteiger partial charge in [0, 0.05) is 71.8 Å². The average molecular weight is 798 g/mol. The van der Waals surface area contributed by atoms with Gasteiger partial charge in [0.1, 0.15) is 0 Å². The lowest BCUT2D eigenvalue weighted by atomic mass is 9.91. The van der Waals surface area contributed by atoms with Gasteiger partial charge in [0.2, 0.25) is 0 Å². The highest BCUT2D eigenvalue weighted by atomic mass is 16.5. The molecule has 0 aromatic rings. The number of rotatable bonds is 0. The van der Waals surface area contributed by atoms with Crippen molar-refractivity contribution in [2.24, 2.45) is 29.6 Å². The van der Waals surface area contributed by atoms with Gasteiger partial charge < -0.3 is 45.5 Å². The monoisotopic (exact) mass is 798 g/mol. The molecule has 0 radical (unpaired) electrons. The number of nitrogens with one attached hydrogen (secondary N) is 5. The molecule has 0 amide bonds. The van der Waals surface area contributed by atoms with E-state index in [4.69, 9.17) is 18.9 Å². The van der Waals surface area contributed by atoms with Gasteiger partial charge in [0.25, 0.3) is 0 Å². The maximum atomic E-state index is 5.28. The van der Waals surface area contributed by atoms with E-state index in [1.807, 2.05) is 0 Å². The van der Waals surface area contributed by atoms with E-state index in [-0.39, 0.29) is 0 Å². The van der Waals surface area contributed by atoms with Gasteiger partial charge in [-0.1, -0.05) is 66.7 Å². The van der Waals surface area contributed by atoms with E-state index in [9.17, 15) is 0 Å². The summed E-state index contributed by atoms with van der Waals surface area (Å²) in [5.74, 6) is 4.51. The second kappa shape index (κ2) is 38.8. The van der Waals surface area contributed by atoms with Crippen molar-refractivity contribution < 1.29 is 18.9 Å². The Kier molecular flexibility index (Phi) is 37.2. The first-order valence-electron chi connectivity index (χ1n) is 24.1. The molecule has 56 heavy (non-hydrogen) atoms. The Bertz CT molecular complexity index is 573. The van der Waals surface area contributed by atoms with Crippen molar-refractivity contribution in [2.45, 2.75) is 176 Å². The molecule has 7 atom stereocenters. The second-order valence-electron chi connectivity index (χ2n) is 18.4. The van der Waals surface area contributed by atoms with Crippen LogP contribution in [0, 0.1) is 29.6 Å². The molecule has 9 heteroatoms. The number of hydrogen-bond donors (Lipinski definition) is 5. The Morgan fingerprint density at radius 1 is 0.339 bits per heavy atom. The normalized spacial score (nSPS) is 32.0. The fourth-order valence-electron chi connectivity index (χ4n) is 7.56. The lowest BCUT2D eigenvalue weighted by Crippen LogP contribution is -2.46. The van der Waals surface area contributed by atoms with Gasteiger partial charge in [-0.3, -0.25) is 0 Å². The first-order valence-corrected chi connectivity index (χ1v) is 24.1. The van der Waals surface area contributed by atoms with Crippen molar-refractivity contribution >= 4 is 0 Å². The van der Waals surface area contributed by atoms with Crippen LogP contribution >= 0.6 is 0 Å². The third-order valence-electron chi connectivity index (χ3n) is 11.5. The first kappa shape index (κ1) is 53.7. The molecule has 7 aliphatic heterocycles. The van der Waals surface area contributed by atoms with Gasteiger partial charge in [-0.15, -0.1) is 0 Å². The van der Waals surface area contributed by atoms with Gasteiger partial charge >= 0.3 is 0 Å². The maximum Gasteiger partial charge on any atom is 0.0672 e. The standard InChI is InChI=1S/C7H14.2C6H13N.3C6H12O.C5H12N2.C5H11NO/c1-7-5-3-2-4-6-7;4*1-6-3-2-4-7-5-6;1-6-4-2-3-5-7-6;2*1-5-4-6-2-3-7-5/h7H,2-6H2,1H3;2*6-7H,2-5H2,1H3;3*6H,2-5H2,1H3;5-7H,2-4H2,1H3;5-6H,2-4H2,1H3/t;5*6-;2*5-/m.1010011/s1. The van der Waals surface area contributed by atoms with E-state index in [0.29, 0.717) is 18.2 Å². The highest BCUT2D eigenvalue weighted by Gasteiger charge is 2.10. The van der Waals surface area contributed by atoms with Crippen molar-refractivity contribution in [3.8, 4) is 0 Å². The Morgan fingerprint density at radius 2 is 0.839 bits per heavy atom. The van der Waals surface area contributed by atoms with Gasteiger partial charge in [0.15, 0.2) is 0 Å². The van der Waals surface area contributed by atoms with Crippen LogP contribution in [0.25, 0.3) is 0 Å². The van der Waals surface area contributed by atoms with Crippen molar-refractivity contribution in [2.75, 3.05) is 98.5 Å². The summed E-state index contributed by atoms with van der Waals surface area (Å²) < 4.78 is 20.9. The molecule has 8 rings (SSSR count). The number of morpholine rings is 1. The molecule has 336 valence electrons. The average Bonchev–Trinajstić information content (AvgIpc) is 3.22. The van der Waals surface area contributed by atoms with E-state index >= 15 is 0 Å². The molecular weight excluding hydrogens is 699 g/mol. The molecule has 7 saturated heterocycles. The minimum Gasteiger partial charge on any atom is -0.381 e. The minimum absolute atomic E-state index is 0.425. The van der Waals surface area contributed by atoms with Crippen molar-refractivity contribution in [3.63, 3.8) is 0 Å². The number of ether oxygens (including phenoxy) is 4. The first-order chi connectivity index (χ1) is 27.2. The fraction of sp³-hybridized carbons (Fsp3) is 1.00. The van der Waals surface area contributed by atoms with Gasteiger partial charge in [-0.2, -0.15) is 0 Å². The largest absolute Gasteiger partial charge is 0.381 e. The Morgan fingerprint density at radius 3 is 1.05 bits per heavy atom. The van der Waals surface area contributed by atoms with Gasteiger partial charge in [-0.25, -0.2) is 0 Å². The molecule has 0 spiro atoms. The van der Waals surface area contributed by atoms with Crippen LogP contribution in [0.3, 0.4) is 0 Å². The smallest absolute Gasteiger partial charge is 0.0672 e.